The molecule has 0 aromatic carbocycles. The Labute approximate surface area is 496 Å². The van der Waals surface area contributed by atoms with E-state index in [9.17, 15) is 14.4 Å². The van der Waals surface area contributed by atoms with Crippen LogP contribution < -0.4 is 0 Å². The van der Waals surface area contributed by atoms with Crippen molar-refractivity contribution in [1.82, 2.24) is 0 Å². The molecule has 0 aromatic rings. The van der Waals surface area contributed by atoms with Crippen LogP contribution >= 0.6 is 0 Å². The van der Waals surface area contributed by atoms with Crippen molar-refractivity contribution in [2.75, 3.05) is 13.2 Å². The molecular formula is C74H130O6. The third-order valence-electron chi connectivity index (χ3n) is 15.1. The van der Waals surface area contributed by atoms with Gasteiger partial charge in [0.1, 0.15) is 13.2 Å². The van der Waals surface area contributed by atoms with Crippen LogP contribution in [0.5, 0.6) is 0 Å². The van der Waals surface area contributed by atoms with Gasteiger partial charge in [-0.05, 0) is 89.9 Å². The molecule has 0 rings (SSSR count). The maximum atomic E-state index is 12.9. The topological polar surface area (TPSA) is 78.9 Å². The van der Waals surface area contributed by atoms with Gasteiger partial charge in [-0.1, -0.05) is 324 Å². The molecule has 1 unspecified atom stereocenters. The Balaban J connectivity index is 4.29. The van der Waals surface area contributed by atoms with Crippen molar-refractivity contribution < 1.29 is 28.6 Å². The van der Waals surface area contributed by atoms with Gasteiger partial charge in [0.25, 0.3) is 0 Å². The summed E-state index contributed by atoms with van der Waals surface area (Å²) >= 11 is 0. The molecule has 0 saturated carbocycles. The second-order valence-corrected chi connectivity index (χ2v) is 23.1. The summed E-state index contributed by atoms with van der Waals surface area (Å²) in [6.07, 6.45) is 90.3. The maximum absolute atomic E-state index is 12.9. The average molecular weight is 1120 g/mol. The zero-order valence-corrected chi connectivity index (χ0v) is 53.1. The normalized spacial score (nSPS) is 12.6. The van der Waals surface area contributed by atoms with Crippen molar-refractivity contribution in [3.05, 3.63) is 85.1 Å². The molecule has 0 aromatic heterocycles. The van der Waals surface area contributed by atoms with Gasteiger partial charge in [0.15, 0.2) is 6.10 Å². The Morgan fingerprint density at radius 2 is 0.500 bits per heavy atom. The van der Waals surface area contributed by atoms with Crippen molar-refractivity contribution in [2.24, 2.45) is 0 Å². The zero-order chi connectivity index (χ0) is 57.8. The number of carbonyl (C=O) groups excluding carboxylic acids is 3. The molecule has 0 aliphatic rings. The maximum Gasteiger partial charge on any atom is 0.306 e. The summed E-state index contributed by atoms with van der Waals surface area (Å²) in [6, 6.07) is 0. The van der Waals surface area contributed by atoms with Crippen LogP contribution in [0.1, 0.15) is 348 Å². The van der Waals surface area contributed by atoms with Gasteiger partial charge < -0.3 is 14.2 Å². The summed E-state index contributed by atoms with van der Waals surface area (Å²) in [5, 5.41) is 0. The van der Waals surface area contributed by atoms with Crippen molar-refractivity contribution in [1.29, 1.82) is 0 Å². The van der Waals surface area contributed by atoms with Crippen LogP contribution in [0, 0.1) is 0 Å². The van der Waals surface area contributed by atoms with E-state index in [-0.39, 0.29) is 31.1 Å². The molecule has 80 heavy (non-hydrogen) atoms. The monoisotopic (exact) mass is 1110 g/mol. The van der Waals surface area contributed by atoms with E-state index in [0.717, 1.165) is 109 Å². The molecule has 0 aliphatic heterocycles. The molecule has 0 heterocycles. The minimum atomic E-state index is -0.783. The Morgan fingerprint density at radius 3 is 0.800 bits per heavy atom. The lowest BCUT2D eigenvalue weighted by atomic mass is 10.0. The standard InChI is InChI=1S/C74H130O6/c1-4-7-10-13-16-19-22-25-28-30-32-34-35-36-37-38-39-41-42-44-46-49-52-55-58-61-64-67-73(76)79-70-71(69-78-72(75)66-63-60-57-54-51-48-27-24-21-18-15-12-9-6-3)80-74(77)68-65-62-59-56-53-50-47-45-43-40-33-31-29-26-23-20-17-14-11-8-5-2/h7,10,15-16,18-19,24-25,27-28,32,34,36-37,71H,4-6,8-9,11-14,17,20-23,26,29-31,33,35,38-70H2,1-3H3/b10-7-,18-15-,19-16-,27-24-,28-25-,34-32-,37-36-. The molecule has 0 bridgehead atoms. The molecule has 0 fully saturated rings. The van der Waals surface area contributed by atoms with Gasteiger partial charge in [-0.2, -0.15) is 0 Å². The van der Waals surface area contributed by atoms with Crippen LogP contribution in [0.2, 0.25) is 0 Å². The first kappa shape index (κ1) is 76.6. The van der Waals surface area contributed by atoms with Crippen molar-refractivity contribution in [2.45, 2.75) is 354 Å². The fourth-order valence-electron chi connectivity index (χ4n) is 9.96. The highest BCUT2D eigenvalue weighted by molar-refractivity contribution is 5.71. The first-order valence-corrected chi connectivity index (χ1v) is 34.6. The van der Waals surface area contributed by atoms with E-state index in [1.54, 1.807) is 0 Å². The Hall–Kier alpha value is -3.41. The smallest absolute Gasteiger partial charge is 0.306 e. The van der Waals surface area contributed by atoms with Gasteiger partial charge in [0.2, 0.25) is 0 Å². The van der Waals surface area contributed by atoms with Crippen LogP contribution in [0.15, 0.2) is 85.1 Å². The van der Waals surface area contributed by atoms with Crippen LogP contribution in [0.4, 0.5) is 0 Å². The van der Waals surface area contributed by atoms with E-state index < -0.39 is 6.10 Å². The highest BCUT2D eigenvalue weighted by atomic mass is 16.6. The van der Waals surface area contributed by atoms with Gasteiger partial charge in [0.05, 0.1) is 0 Å². The first-order valence-electron chi connectivity index (χ1n) is 34.6. The molecule has 6 heteroatoms. The number of carbonyl (C=O) groups is 3. The molecule has 462 valence electrons. The highest BCUT2D eigenvalue weighted by Gasteiger charge is 2.19. The van der Waals surface area contributed by atoms with E-state index in [4.69, 9.17) is 14.2 Å². The van der Waals surface area contributed by atoms with Gasteiger partial charge in [0, 0.05) is 19.3 Å². The second kappa shape index (κ2) is 68.1. The largest absolute Gasteiger partial charge is 0.462 e. The Kier molecular flexibility index (Phi) is 65.2. The number of ether oxygens (including phenoxy) is 3. The summed E-state index contributed by atoms with van der Waals surface area (Å²) in [7, 11) is 0. The predicted molar refractivity (Wildman–Crippen MR) is 348 cm³/mol. The van der Waals surface area contributed by atoms with Gasteiger partial charge in [-0.25, -0.2) is 0 Å². The van der Waals surface area contributed by atoms with Crippen LogP contribution in [0.3, 0.4) is 0 Å². The third-order valence-corrected chi connectivity index (χ3v) is 15.1. The minimum absolute atomic E-state index is 0.0792. The minimum Gasteiger partial charge on any atom is -0.462 e. The third kappa shape index (κ3) is 65.4. The van der Waals surface area contributed by atoms with E-state index in [1.807, 2.05) is 0 Å². The van der Waals surface area contributed by atoms with E-state index in [1.165, 1.54) is 199 Å². The number of rotatable bonds is 63. The summed E-state index contributed by atoms with van der Waals surface area (Å²) < 4.78 is 17.0. The summed E-state index contributed by atoms with van der Waals surface area (Å²) in [4.78, 5) is 38.4. The van der Waals surface area contributed by atoms with Gasteiger partial charge in [-0.3, -0.25) is 14.4 Å². The molecule has 0 aliphatic carbocycles. The van der Waals surface area contributed by atoms with E-state index in [2.05, 4.69) is 106 Å². The molecule has 0 amide bonds. The molecule has 1 atom stereocenters. The molecule has 0 N–H and O–H groups in total. The first-order chi connectivity index (χ1) is 39.5. The molecule has 0 saturated heterocycles. The molecule has 6 nitrogen and oxygen atoms in total. The molecular weight excluding hydrogens is 985 g/mol. The Morgan fingerprint density at radius 1 is 0.263 bits per heavy atom. The van der Waals surface area contributed by atoms with Crippen molar-refractivity contribution in [3.8, 4) is 0 Å². The summed E-state index contributed by atoms with van der Waals surface area (Å²) in [5.41, 5.74) is 0. The predicted octanol–water partition coefficient (Wildman–Crippen LogP) is 23.8. The molecule has 0 spiro atoms. The van der Waals surface area contributed by atoms with Crippen LogP contribution in [-0.2, 0) is 28.6 Å². The fourth-order valence-corrected chi connectivity index (χ4v) is 9.96. The summed E-state index contributed by atoms with van der Waals surface area (Å²) in [5.74, 6) is -0.877. The van der Waals surface area contributed by atoms with Crippen LogP contribution in [-0.4, -0.2) is 37.2 Å². The fraction of sp³-hybridized carbons (Fsp3) is 0.770. The van der Waals surface area contributed by atoms with Gasteiger partial charge in [-0.15, -0.1) is 0 Å². The van der Waals surface area contributed by atoms with Gasteiger partial charge >= 0.3 is 17.9 Å². The van der Waals surface area contributed by atoms with E-state index >= 15 is 0 Å². The quantitative estimate of drug-likeness (QED) is 0.0261. The zero-order valence-electron chi connectivity index (χ0n) is 53.1. The lowest BCUT2D eigenvalue weighted by molar-refractivity contribution is -0.167. The lowest BCUT2D eigenvalue weighted by Gasteiger charge is -2.18. The Bertz CT molecular complexity index is 1520. The van der Waals surface area contributed by atoms with E-state index in [0.29, 0.717) is 19.3 Å². The lowest BCUT2D eigenvalue weighted by Crippen LogP contribution is -2.30. The number of hydrogen-bond donors (Lipinski definition) is 0. The van der Waals surface area contributed by atoms with Crippen molar-refractivity contribution >= 4 is 17.9 Å². The SMILES string of the molecule is CC/C=C\C/C=C\C/C=C\C/C=C\C/C=C\CCCCCCCCCCCCCC(=O)OCC(COC(=O)CCCCCCC/C=C\C/C=C\CCCC)OC(=O)CCCCCCCCCCCCCCCCCCCCCCC. The van der Waals surface area contributed by atoms with Crippen molar-refractivity contribution in [3.63, 3.8) is 0 Å². The number of unbranched alkanes of at least 4 members (excludes halogenated alkanes) is 38. The average Bonchev–Trinajstić information content (AvgIpc) is 3.46. The highest BCUT2D eigenvalue weighted by Crippen LogP contribution is 2.18. The number of hydrogen-bond acceptors (Lipinski definition) is 6. The summed E-state index contributed by atoms with van der Waals surface area (Å²) in [6.45, 7) is 6.52. The number of allylic oxidation sites excluding steroid dienone is 14. The molecule has 0 radical (unpaired) electrons. The second-order valence-electron chi connectivity index (χ2n) is 23.1. The van der Waals surface area contributed by atoms with Crippen LogP contribution in [0.25, 0.3) is 0 Å². The number of esters is 3.